The van der Waals surface area contributed by atoms with E-state index in [1.54, 1.807) is 11.3 Å². The van der Waals surface area contributed by atoms with Gasteiger partial charge in [0, 0.05) is 11.9 Å². The average Bonchev–Trinajstić information content (AvgIpc) is 2.82. The lowest BCUT2D eigenvalue weighted by Crippen LogP contribution is -2.23. The van der Waals surface area contributed by atoms with Crippen molar-refractivity contribution in [3.63, 3.8) is 0 Å². The van der Waals surface area contributed by atoms with Gasteiger partial charge in [-0.05, 0) is 48.0 Å². The third kappa shape index (κ3) is 2.53. The highest BCUT2D eigenvalue weighted by Crippen LogP contribution is 2.34. The summed E-state index contributed by atoms with van der Waals surface area (Å²) in [6.07, 6.45) is 1.96. The Bertz CT molecular complexity index is 525. The van der Waals surface area contributed by atoms with Crippen LogP contribution in [0.1, 0.15) is 34.9 Å². The summed E-state index contributed by atoms with van der Waals surface area (Å²) in [4.78, 5) is 5.71. The minimum atomic E-state index is 0.219. The van der Waals surface area contributed by atoms with Gasteiger partial charge in [0.05, 0.1) is 21.7 Å². The predicted molar refractivity (Wildman–Crippen MR) is 80.2 cm³/mol. The summed E-state index contributed by atoms with van der Waals surface area (Å²) >= 11 is 5.39. The molecule has 0 fully saturated rings. The number of aromatic nitrogens is 2. The maximum Gasteiger partial charge on any atom is 0.105 e. The Labute approximate surface area is 120 Å². The number of hydrogen-bond donors (Lipinski definition) is 1. The van der Waals surface area contributed by atoms with Gasteiger partial charge in [-0.1, -0.05) is 6.92 Å². The van der Waals surface area contributed by atoms with Gasteiger partial charge in [0.15, 0.2) is 0 Å². The molecule has 0 saturated heterocycles. The molecule has 2 rings (SSSR count). The molecule has 1 N–H and O–H groups in total. The first-order valence-electron chi connectivity index (χ1n) is 6.02. The van der Waals surface area contributed by atoms with Crippen molar-refractivity contribution in [3.05, 3.63) is 38.0 Å². The van der Waals surface area contributed by atoms with Crippen LogP contribution in [0.2, 0.25) is 0 Å². The van der Waals surface area contributed by atoms with Crippen LogP contribution in [0.25, 0.3) is 0 Å². The van der Waals surface area contributed by atoms with E-state index in [4.69, 9.17) is 0 Å². The first-order valence-corrected chi connectivity index (χ1v) is 7.63. The van der Waals surface area contributed by atoms with E-state index in [0.717, 1.165) is 12.4 Å². The van der Waals surface area contributed by atoms with Gasteiger partial charge < -0.3 is 9.88 Å². The quantitative estimate of drug-likeness (QED) is 0.930. The maximum atomic E-state index is 4.39. The van der Waals surface area contributed by atoms with Crippen LogP contribution >= 0.6 is 27.3 Å². The summed E-state index contributed by atoms with van der Waals surface area (Å²) in [5.74, 6) is 1.04. The number of halogens is 1. The van der Waals surface area contributed by atoms with Gasteiger partial charge in [-0.25, -0.2) is 4.98 Å². The van der Waals surface area contributed by atoms with Gasteiger partial charge in [0.1, 0.15) is 5.82 Å². The number of thiophene rings is 1. The smallest absolute Gasteiger partial charge is 0.105 e. The molecule has 0 radical (unpaired) electrons. The van der Waals surface area contributed by atoms with Crippen molar-refractivity contribution in [1.82, 2.24) is 14.9 Å². The third-order valence-corrected chi connectivity index (χ3v) is 5.32. The van der Waals surface area contributed by atoms with E-state index in [9.17, 15) is 0 Å². The lowest BCUT2D eigenvalue weighted by Gasteiger charge is -2.17. The van der Waals surface area contributed by atoms with Crippen LogP contribution in [-0.2, 0) is 7.05 Å². The Morgan fingerprint density at radius 1 is 1.50 bits per heavy atom. The van der Waals surface area contributed by atoms with Crippen molar-refractivity contribution in [1.29, 1.82) is 0 Å². The van der Waals surface area contributed by atoms with E-state index in [0.29, 0.717) is 0 Å². The second kappa shape index (κ2) is 5.55. The fraction of sp³-hybridized carbons (Fsp3) is 0.462. The molecule has 0 bridgehead atoms. The zero-order valence-electron chi connectivity index (χ0n) is 11.1. The molecule has 0 aliphatic carbocycles. The van der Waals surface area contributed by atoms with Crippen LogP contribution in [0.15, 0.2) is 16.0 Å². The Morgan fingerprint density at radius 2 is 2.22 bits per heavy atom. The molecule has 0 aromatic carbocycles. The largest absolute Gasteiger partial charge is 0.334 e. The van der Waals surface area contributed by atoms with Crippen molar-refractivity contribution >= 4 is 27.3 Å². The fourth-order valence-corrected chi connectivity index (χ4v) is 3.63. The lowest BCUT2D eigenvalue weighted by molar-refractivity contribution is 0.597. The summed E-state index contributed by atoms with van der Waals surface area (Å²) in [5.41, 5.74) is 2.50. The number of nitrogens with one attached hydrogen (secondary N) is 1. The number of aryl methyl sites for hydroxylation is 2. The van der Waals surface area contributed by atoms with Crippen molar-refractivity contribution in [2.75, 3.05) is 6.54 Å². The van der Waals surface area contributed by atoms with Crippen LogP contribution < -0.4 is 5.32 Å². The zero-order chi connectivity index (χ0) is 13.3. The molecule has 0 aliphatic rings. The number of hydrogen-bond acceptors (Lipinski definition) is 3. The average molecular weight is 328 g/mol. The van der Waals surface area contributed by atoms with Crippen molar-refractivity contribution in [2.24, 2.45) is 7.05 Å². The van der Waals surface area contributed by atoms with Crippen LogP contribution in [0.5, 0.6) is 0 Å². The van der Waals surface area contributed by atoms with Crippen molar-refractivity contribution in [3.8, 4) is 0 Å². The second-order valence-corrected chi connectivity index (χ2v) is 6.79. The van der Waals surface area contributed by atoms with Crippen molar-refractivity contribution in [2.45, 2.75) is 26.8 Å². The van der Waals surface area contributed by atoms with Crippen LogP contribution in [0, 0.1) is 13.8 Å². The second-order valence-electron chi connectivity index (χ2n) is 4.39. The molecule has 5 heteroatoms. The van der Waals surface area contributed by atoms with E-state index in [1.807, 2.05) is 13.1 Å². The maximum absolute atomic E-state index is 4.39. The summed E-state index contributed by atoms with van der Waals surface area (Å²) in [5, 5.41) is 3.54. The first kappa shape index (κ1) is 13.8. The molecule has 0 amide bonds. The molecular formula is C13H18BrN3S. The van der Waals surface area contributed by atoms with Gasteiger partial charge in [0.25, 0.3) is 0 Å². The monoisotopic (exact) mass is 327 g/mol. The van der Waals surface area contributed by atoms with E-state index < -0.39 is 0 Å². The van der Waals surface area contributed by atoms with Crippen LogP contribution in [0.3, 0.4) is 0 Å². The molecule has 2 aromatic rings. The lowest BCUT2D eigenvalue weighted by atomic mass is 10.1. The van der Waals surface area contributed by atoms with Crippen molar-refractivity contribution < 1.29 is 0 Å². The summed E-state index contributed by atoms with van der Waals surface area (Å²) in [6, 6.07) is 2.46. The first-order chi connectivity index (χ1) is 8.54. The molecule has 3 nitrogen and oxygen atoms in total. The molecule has 98 valence electrons. The molecule has 1 atom stereocenters. The molecule has 0 aliphatic heterocycles. The molecule has 2 aromatic heterocycles. The normalized spacial score (nSPS) is 12.9. The predicted octanol–water partition coefficient (Wildman–Crippen LogP) is 3.56. The van der Waals surface area contributed by atoms with E-state index in [-0.39, 0.29) is 6.04 Å². The number of rotatable bonds is 4. The Kier molecular flexibility index (Phi) is 4.25. The standard InChI is InChI=1S/C13H18BrN3S/c1-5-15-12(10-7-16-9(3)17(10)4)11-6-8(2)13(14)18-11/h6-7,12,15H,5H2,1-4H3. The van der Waals surface area contributed by atoms with Gasteiger partial charge >= 0.3 is 0 Å². The molecule has 2 heterocycles. The molecular weight excluding hydrogens is 310 g/mol. The summed E-state index contributed by atoms with van der Waals surface area (Å²) < 4.78 is 3.36. The highest BCUT2D eigenvalue weighted by Gasteiger charge is 2.20. The van der Waals surface area contributed by atoms with E-state index in [2.05, 4.69) is 57.8 Å². The minimum absolute atomic E-state index is 0.219. The topological polar surface area (TPSA) is 29.9 Å². The van der Waals surface area contributed by atoms with Gasteiger partial charge in [-0.2, -0.15) is 0 Å². The molecule has 0 saturated carbocycles. The Hall–Kier alpha value is -0.650. The molecule has 1 unspecified atom stereocenters. The summed E-state index contributed by atoms with van der Waals surface area (Å²) in [7, 11) is 2.07. The highest BCUT2D eigenvalue weighted by atomic mass is 79.9. The highest BCUT2D eigenvalue weighted by molar-refractivity contribution is 9.11. The van der Waals surface area contributed by atoms with Gasteiger partial charge in [-0.3, -0.25) is 0 Å². The minimum Gasteiger partial charge on any atom is -0.334 e. The molecule has 0 spiro atoms. The molecule has 18 heavy (non-hydrogen) atoms. The zero-order valence-corrected chi connectivity index (χ0v) is 13.5. The van der Waals surface area contributed by atoms with E-state index >= 15 is 0 Å². The fourth-order valence-electron chi connectivity index (χ4n) is 1.97. The Morgan fingerprint density at radius 3 is 2.67 bits per heavy atom. The van der Waals surface area contributed by atoms with Crippen LogP contribution in [-0.4, -0.2) is 16.1 Å². The summed E-state index contributed by atoms with van der Waals surface area (Å²) in [6.45, 7) is 7.22. The number of nitrogens with zero attached hydrogens (tertiary/aromatic N) is 2. The van der Waals surface area contributed by atoms with E-state index in [1.165, 1.54) is 19.9 Å². The SMILES string of the molecule is CCNC(c1cc(C)c(Br)s1)c1cnc(C)n1C. The number of imidazole rings is 1. The third-order valence-electron chi connectivity index (χ3n) is 3.12. The van der Waals surface area contributed by atoms with Gasteiger partial charge in [0.2, 0.25) is 0 Å². The van der Waals surface area contributed by atoms with Gasteiger partial charge in [-0.15, -0.1) is 11.3 Å². The van der Waals surface area contributed by atoms with Crippen LogP contribution in [0.4, 0.5) is 0 Å². The Balaban J connectivity index is 2.42.